The predicted molar refractivity (Wildman–Crippen MR) is 83.5 cm³/mol. The molecular formula is C17H14FN3O3. The van der Waals surface area contributed by atoms with Gasteiger partial charge in [0, 0.05) is 5.56 Å². The molecule has 0 atom stereocenters. The average molecular weight is 327 g/mol. The molecular weight excluding hydrogens is 313 g/mol. The van der Waals surface area contributed by atoms with Crippen LogP contribution >= 0.6 is 0 Å². The monoisotopic (exact) mass is 327 g/mol. The molecule has 0 unspecified atom stereocenters. The first-order valence-corrected chi connectivity index (χ1v) is 7.24. The van der Waals surface area contributed by atoms with E-state index in [2.05, 4.69) is 15.5 Å². The van der Waals surface area contributed by atoms with Crippen LogP contribution < -0.4 is 10.1 Å². The van der Waals surface area contributed by atoms with Gasteiger partial charge in [-0.2, -0.15) is 4.98 Å². The maximum absolute atomic E-state index is 12.8. The number of halogens is 1. The highest BCUT2D eigenvalue weighted by Gasteiger charge is 2.10. The number of amides is 1. The average Bonchev–Trinajstić information content (AvgIpc) is 3.09. The lowest BCUT2D eigenvalue weighted by Crippen LogP contribution is -2.28. The third-order valence-corrected chi connectivity index (χ3v) is 3.12. The summed E-state index contributed by atoms with van der Waals surface area (Å²) in [6, 6.07) is 14.8. The number of carbonyl (C=O) groups is 1. The largest absolute Gasteiger partial charge is 0.484 e. The van der Waals surface area contributed by atoms with E-state index in [-0.39, 0.29) is 24.9 Å². The van der Waals surface area contributed by atoms with E-state index < -0.39 is 0 Å². The zero-order valence-corrected chi connectivity index (χ0v) is 12.6. The zero-order valence-electron chi connectivity index (χ0n) is 12.6. The van der Waals surface area contributed by atoms with Crippen LogP contribution in [-0.4, -0.2) is 22.7 Å². The Morgan fingerprint density at radius 2 is 1.88 bits per heavy atom. The minimum Gasteiger partial charge on any atom is -0.484 e. The Morgan fingerprint density at radius 3 is 2.62 bits per heavy atom. The highest BCUT2D eigenvalue weighted by molar-refractivity contribution is 5.77. The molecule has 6 nitrogen and oxygen atoms in total. The molecule has 0 spiro atoms. The van der Waals surface area contributed by atoms with Gasteiger partial charge < -0.3 is 14.6 Å². The van der Waals surface area contributed by atoms with Crippen LogP contribution in [0.15, 0.2) is 59.1 Å². The SMILES string of the molecule is O=C(COc1ccc(F)cc1)NCc1nc(-c2ccccc2)no1. The summed E-state index contributed by atoms with van der Waals surface area (Å²) in [7, 11) is 0. The van der Waals surface area contributed by atoms with Crippen LogP contribution in [0, 0.1) is 5.82 Å². The number of benzene rings is 2. The van der Waals surface area contributed by atoms with E-state index in [0.717, 1.165) is 5.56 Å². The second-order valence-corrected chi connectivity index (χ2v) is 4.90. The molecule has 1 N–H and O–H groups in total. The molecule has 0 aliphatic rings. The summed E-state index contributed by atoms with van der Waals surface area (Å²) < 4.78 is 23.1. The van der Waals surface area contributed by atoms with Crippen molar-refractivity contribution in [3.63, 3.8) is 0 Å². The fraction of sp³-hybridized carbons (Fsp3) is 0.118. The minimum absolute atomic E-state index is 0.103. The number of hydrogen-bond acceptors (Lipinski definition) is 5. The van der Waals surface area contributed by atoms with Gasteiger partial charge in [0.25, 0.3) is 5.91 Å². The van der Waals surface area contributed by atoms with Crippen LogP contribution in [0.1, 0.15) is 5.89 Å². The highest BCUT2D eigenvalue weighted by Crippen LogP contribution is 2.14. The summed E-state index contributed by atoms with van der Waals surface area (Å²) in [5, 5.41) is 6.47. The topological polar surface area (TPSA) is 77.2 Å². The predicted octanol–water partition coefficient (Wildman–Crippen LogP) is 2.57. The molecule has 0 saturated carbocycles. The van der Waals surface area contributed by atoms with Crippen molar-refractivity contribution in [3.05, 3.63) is 66.3 Å². The van der Waals surface area contributed by atoms with Crippen molar-refractivity contribution in [1.82, 2.24) is 15.5 Å². The Bertz CT molecular complexity index is 803. The molecule has 1 amide bonds. The minimum atomic E-state index is -0.364. The zero-order chi connectivity index (χ0) is 16.8. The van der Waals surface area contributed by atoms with Crippen LogP contribution in [0.2, 0.25) is 0 Å². The van der Waals surface area contributed by atoms with E-state index in [4.69, 9.17) is 9.26 Å². The van der Waals surface area contributed by atoms with Crippen LogP contribution in [-0.2, 0) is 11.3 Å². The number of hydrogen-bond donors (Lipinski definition) is 1. The van der Waals surface area contributed by atoms with E-state index in [1.807, 2.05) is 30.3 Å². The van der Waals surface area contributed by atoms with E-state index in [1.165, 1.54) is 24.3 Å². The van der Waals surface area contributed by atoms with Crippen molar-refractivity contribution in [2.75, 3.05) is 6.61 Å². The lowest BCUT2D eigenvalue weighted by atomic mass is 10.2. The van der Waals surface area contributed by atoms with Gasteiger partial charge in [-0.05, 0) is 24.3 Å². The van der Waals surface area contributed by atoms with Crippen molar-refractivity contribution in [2.24, 2.45) is 0 Å². The first-order valence-electron chi connectivity index (χ1n) is 7.24. The molecule has 7 heteroatoms. The highest BCUT2D eigenvalue weighted by atomic mass is 19.1. The third kappa shape index (κ3) is 4.16. The molecule has 1 heterocycles. The lowest BCUT2D eigenvalue weighted by molar-refractivity contribution is -0.123. The normalized spacial score (nSPS) is 10.4. The quantitative estimate of drug-likeness (QED) is 0.753. The van der Waals surface area contributed by atoms with Gasteiger partial charge in [0.2, 0.25) is 11.7 Å². The van der Waals surface area contributed by atoms with Gasteiger partial charge in [0.1, 0.15) is 11.6 Å². The van der Waals surface area contributed by atoms with Crippen LogP contribution in [0.4, 0.5) is 4.39 Å². The van der Waals surface area contributed by atoms with Gasteiger partial charge in [-0.25, -0.2) is 4.39 Å². The number of carbonyl (C=O) groups excluding carboxylic acids is 1. The molecule has 24 heavy (non-hydrogen) atoms. The third-order valence-electron chi connectivity index (χ3n) is 3.12. The van der Waals surface area contributed by atoms with Gasteiger partial charge in [-0.1, -0.05) is 35.5 Å². The van der Waals surface area contributed by atoms with Crippen LogP contribution in [0.3, 0.4) is 0 Å². The molecule has 0 fully saturated rings. The molecule has 0 aliphatic carbocycles. The Balaban J connectivity index is 1.48. The van der Waals surface area contributed by atoms with E-state index >= 15 is 0 Å². The van der Waals surface area contributed by atoms with Crippen molar-refractivity contribution < 1.29 is 18.4 Å². The first kappa shape index (κ1) is 15.7. The Kier molecular flexibility index (Phi) is 4.81. The molecule has 122 valence electrons. The summed E-state index contributed by atoms with van der Waals surface area (Å²) in [4.78, 5) is 15.9. The summed E-state index contributed by atoms with van der Waals surface area (Å²) in [5.41, 5.74) is 0.832. The van der Waals surface area contributed by atoms with Gasteiger partial charge in [-0.3, -0.25) is 4.79 Å². The molecule has 2 aromatic carbocycles. The Morgan fingerprint density at radius 1 is 1.12 bits per heavy atom. The summed E-state index contributed by atoms with van der Waals surface area (Å²) >= 11 is 0. The second kappa shape index (κ2) is 7.36. The van der Waals surface area contributed by atoms with Gasteiger partial charge >= 0.3 is 0 Å². The van der Waals surface area contributed by atoms with Crippen molar-refractivity contribution in [2.45, 2.75) is 6.54 Å². The number of ether oxygens (including phenoxy) is 1. The fourth-order valence-electron chi connectivity index (χ4n) is 1.94. The Hall–Kier alpha value is -3.22. The summed E-state index contributed by atoms with van der Waals surface area (Å²) in [5.74, 6) is 0.457. The van der Waals surface area contributed by atoms with Crippen molar-refractivity contribution in [3.8, 4) is 17.1 Å². The first-order chi connectivity index (χ1) is 11.7. The molecule has 0 aliphatic heterocycles. The standard InChI is InChI=1S/C17H14FN3O3/c18-13-6-8-14(9-7-13)23-11-15(22)19-10-16-20-17(21-24-16)12-4-2-1-3-5-12/h1-9H,10-11H2,(H,19,22). The number of nitrogens with one attached hydrogen (secondary N) is 1. The molecule has 0 bridgehead atoms. The molecule has 3 aromatic rings. The summed E-state index contributed by atoms with van der Waals surface area (Å²) in [6.45, 7) is -0.0866. The number of rotatable bonds is 6. The lowest BCUT2D eigenvalue weighted by Gasteiger charge is -2.05. The fourth-order valence-corrected chi connectivity index (χ4v) is 1.94. The van der Waals surface area contributed by atoms with E-state index in [9.17, 15) is 9.18 Å². The van der Waals surface area contributed by atoms with Crippen molar-refractivity contribution in [1.29, 1.82) is 0 Å². The number of aromatic nitrogens is 2. The van der Waals surface area contributed by atoms with Gasteiger partial charge in [-0.15, -0.1) is 0 Å². The van der Waals surface area contributed by atoms with E-state index in [1.54, 1.807) is 0 Å². The van der Waals surface area contributed by atoms with Gasteiger partial charge in [0.05, 0.1) is 6.54 Å². The van der Waals surface area contributed by atoms with Crippen LogP contribution in [0.25, 0.3) is 11.4 Å². The molecule has 0 radical (unpaired) electrons. The second-order valence-electron chi connectivity index (χ2n) is 4.90. The van der Waals surface area contributed by atoms with Crippen LogP contribution in [0.5, 0.6) is 5.75 Å². The molecule has 3 rings (SSSR count). The Labute approximate surface area is 137 Å². The maximum atomic E-state index is 12.8. The smallest absolute Gasteiger partial charge is 0.258 e. The molecule has 0 saturated heterocycles. The van der Waals surface area contributed by atoms with Gasteiger partial charge in [0.15, 0.2) is 6.61 Å². The van der Waals surface area contributed by atoms with Crippen molar-refractivity contribution >= 4 is 5.91 Å². The van der Waals surface area contributed by atoms with E-state index in [0.29, 0.717) is 17.5 Å². The maximum Gasteiger partial charge on any atom is 0.258 e. The molecule has 1 aromatic heterocycles. The summed E-state index contributed by atoms with van der Waals surface area (Å²) in [6.07, 6.45) is 0. The number of nitrogens with zero attached hydrogens (tertiary/aromatic N) is 2.